The third-order valence-corrected chi connectivity index (χ3v) is 5.26. The smallest absolute Gasteiger partial charge is 0.191 e. The molecule has 2 aliphatic rings. The van der Waals surface area contributed by atoms with Gasteiger partial charge in [0.15, 0.2) is 5.96 Å². The summed E-state index contributed by atoms with van der Waals surface area (Å²) in [6.07, 6.45) is 6.90. The van der Waals surface area contributed by atoms with Crippen molar-refractivity contribution in [1.82, 2.24) is 20.5 Å². The van der Waals surface area contributed by atoms with Crippen molar-refractivity contribution in [1.29, 1.82) is 0 Å². The van der Waals surface area contributed by atoms with Gasteiger partial charge in [0.1, 0.15) is 5.82 Å². The summed E-state index contributed by atoms with van der Waals surface area (Å²) in [7, 11) is 1.83. The summed E-state index contributed by atoms with van der Waals surface area (Å²) in [4.78, 5) is 13.5. The molecule has 138 valence electrons. The fraction of sp³-hybridized carbons (Fsp3) is 0.667. The fourth-order valence-corrected chi connectivity index (χ4v) is 3.82. The molecule has 0 saturated carbocycles. The summed E-state index contributed by atoms with van der Waals surface area (Å²) in [6, 6.07) is 4.12. The van der Waals surface area contributed by atoms with Crippen molar-refractivity contribution < 1.29 is 0 Å². The Morgan fingerprint density at radius 2 is 2.16 bits per heavy atom. The molecule has 2 N–H and O–H groups in total. The first-order valence-corrected chi connectivity index (χ1v) is 9.69. The molecular formula is C18H29ClN6. The molecule has 2 fully saturated rings. The zero-order valence-electron chi connectivity index (χ0n) is 15.0. The van der Waals surface area contributed by atoms with E-state index in [4.69, 9.17) is 11.6 Å². The van der Waals surface area contributed by atoms with Crippen molar-refractivity contribution in [3.8, 4) is 0 Å². The SMILES string of the molecule is CN=C(NCCN1CCCCC1)NC1CCN(c2ncccc2Cl)C1. The third kappa shape index (κ3) is 5.22. The van der Waals surface area contributed by atoms with E-state index in [2.05, 4.69) is 30.4 Å². The summed E-state index contributed by atoms with van der Waals surface area (Å²) >= 11 is 6.26. The quantitative estimate of drug-likeness (QED) is 0.618. The highest BCUT2D eigenvalue weighted by molar-refractivity contribution is 6.32. The molecule has 7 heteroatoms. The number of guanidine groups is 1. The van der Waals surface area contributed by atoms with Crippen LogP contribution in [0.2, 0.25) is 5.02 Å². The molecule has 25 heavy (non-hydrogen) atoms. The van der Waals surface area contributed by atoms with Gasteiger partial charge in [0.2, 0.25) is 0 Å². The summed E-state index contributed by atoms with van der Waals surface area (Å²) < 4.78 is 0. The highest BCUT2D eigenvalue weighted by Gasteiger charge is 2.25. The summed E-state index contributed by atoms with van der Waals surface area (Å²) in [5.74, 6) is 1.76. The van der Waals surface area contributed by atoms with Gasteiger partial charge in [-0.15, -0.1) is 0 Å². The maximum atomic E-state index is 6.26. The molecule has 6 nitrogen and oxygen atoms in total. The van der Waals surface area contributed by atoms with E-state index < -0.39 is 0 Å². The van der Waals surface area contributed by atoms with Gasteiger partial charge in [-0.05, 0) is 44.5 Å². The van der Waals surface area contributed by atoms with Crippen molar-refractivity contribution in [2.75, 3.05) is 51.2 Å². The predicted octanol–water partition coefficient (Wildman–Crippen LogP) is 1.96. The molecule has 1 atom stereocenters. The maximum absolute atomic E-state index is 6.26. The maximum Gasteiger partial charge on any atom is 0.191 e. The van der Waals surface area contributed by atoms with Crippen LogP contribution in [0.3, 0.4) is 0 Å². The van der Waals surface area contributed by atoms with E-state index in [1.54, 1.807) is 6.20 Å². The number of piperidine rings is 1. The third-order valence-electron chi connectivity index (χ3n) is 4.96. The lowest BCUT2D eigenvalue weighted by Gasteiger charge is -2.27. The van der Waals surface area contributed by atoms with Gasteiger partial charge in [0, 0.05) is 45.5 Å². The van der Waals surface area contributed by atoms with E-state index in [-0.39, 0.29) is 0 Å². The Bertz CT molecular complexity index is 572. The van der Waals surface area contributed by atoms with E-state index in [0.29, 0.717) is 11.1 Å². The second-order valence-electron chi connectivity index (χ2n) is 6.79. The van der Waals surface area contributed by atoms with Crippen molar-refractivity contribution in [2.45, 2.75) is 31.7 Å². The lowest BCUT2D eigenvalue weighted by atomic mass is 10.1. The minimum Gasteiger partial charge on any atom is -0.355 e. The van der Waals surface area contributed by atoms with Crippen LogP contribution in [0.15, 0.2) is 23.3 Å². The highest BCUT2D eigenvalue weighted by Crippen LogP contribution is 2.25. The highest BCUT2D eigenvalue weighted by atomic mass is 35.5. The molecule has 0 bridgehead atoms. The molecule has 1 unspecified atom stereocenters. The molecule has 0 amide bonds. The molecule has 0 aliphatic carbocycles. The van der Waals surface area contributed by atoms with E-state index in [1.807, 2.05) is 19.2 Å². The molecule has 3 heterocycles. The first-order chi connectivity index (χ1) is 12.3. The minimum atomic E-state index is 0.360. The molecule has 1 aromatic heterocycles. The molecule has 0 spiro atoms. The van der Waals surface area contributed by atoms with Crippen molar-refractivity contribution in [2.24, 2.45) is 4.99 Å². The van der Waals surface area contributed by atoms with Crippen LogP contribution in [-0.2, 0) is 0 Å². The van der Waals surface area contributed by atoms with Gasteiger partial charge in [-0.3, -0.25) is 4.99 Å². The van der Waals surface area contributed by atoms with Crippen LogP contribution in [-0.4, -0.2) is 68.2 Å². The van der Waals surface area contributed by atoms with Crippen LogP contribution >= 0.6 is 11.6 Å². The fourth-order valence-electron chi connectivity index (χ4n) is 3.58. The average Bonchev–Trinajstić information content (AvgIpc) is 3.10. The average molecular weight is 365 g/mol. The number of hydrogen-bond acceptors (Lipinski definition) is 4. The number of aliphatic imine (C=N–C) groups is 1. The van der Waals surface area contributed by atoms with Crippen LogP contribution in [0.25, 0.3) is 0 Å². The number of halogens is 1. The zero-order chi connectivity index (χ0) is 17.5. The number of anilines is 1. The summed E-state index contributed by atoms with van der Waals surface area (Å²) in [6.45, 7) is 6.33. The Hall–Kier alpha value is -1.53. The molecular weight excluding hydrogens is 336 g/mol. The van der Waals surface area contributed by atoms with E-state index >= 15 is 0 Å². The topological polar surface area (TPSA) is 55.8 Å². The van der Waals surface area contributed by atoms with Gasteiger partial charge in [0.05, 0.1) is 5.02 Å². The number of aromatic nitrogens is 1. The van der Waals surface area contributed by atoms with E-state index in [0.717, 1.165) is 44.4 Å². The Morgan fingerprint density at radius 1 is 1.32 bits per heavy atom. The number of nitrogens with zero attached hydrogens (tertiary/aromatic N) is 4. The number of likely N-dealkylation sites (tertiary alicyclic amines) is 1. The van der Waals surface area contributed by atoms with Crippen LogP contribution in [0.1, 0.15) is 25.7 Å². The number of rotatable bonds is 5. The Kier molecular flexibility index (Phi) is 6.76. The molecule has 0 radical (unpaired) electrons. The number of pyridine rings is 1. The molecule has 2 aliphatic heterocycles. The Balaban J connectivity index is 1.42. The van der Waals surface area contributed by atoms with Crippen molar-refractivity contribution >= 4 is 23.4 Å². The first-order valence-electron chi connectivity index (χ1n) is 9.31. The number of hydrogen-bond donors (Lipinski definition) is 2. The number of nitrogens with one attached hydrogen (secondary N) is 2. The van der Waals surface area contributed by atoms with Gasteiger partial charge < -0.3 is 20.4 Å². The van der Waals surface area contributed by atoms with Crippen LogP contribution in [0.5, 0.6) is 0 Å². The molecule has 3 rings (SSSR count). The van der Waals surface area contributed by atoms with Crippen molar-refractivity contribution in [3.63, 3.8) is 0 Å². The zero-order valence-corrected chi connectivity index (χ0v) is 15.8. The summed E-state index contributed by atoms with van der Waals surface area (Å²) in [5.41, 5.74) is 0. The second kappa shape index (κ2) is 9.25. The minimum absolute atomic E-state index is 0.360. The van der Waals surface area contributed by atoms with Crippen LogP contribution < -0.4 is 15.5 Å². The van der Waals surface area contributed by atoms with Gasteiger partial charge in [-0.1, -0.05) is 18.0 Å². The van der Waals surface area contributed by atoms with Crippen LogP contribution in [0, 0.1) is 0 Å². The normalized spacial score (nSPS) is 22.2. The summed E-state index contributed by atoms with van der Waals surface area (Å²) in [5, 5.41) is 7.69. The van der Waals surface area contributed by atoms with Crippen molar-refractivity contribution in [3.05, 3.63) is 23.4 Å². The lowest BCUT2D eigenvalue weighted by molar-refractivity contribution is 0.232. The Morgan fingerprint density at radius 3 is 2.92 bits per heavy atom. The second-order valence-corrected chi connectivity index (χ2v) is 7.19. The largest absolute Gasteiger partial charge is 0.355 e. The lowest BCUT2D eigenvalue weighted by Crippen LogP contribution is -2.47. The van der Waals surface area contributed by atoms with Gasteiger partial charge in [-0.2, -0.15) is 0 Å². The van der Waals surface area contributed by atoms with Crippen LogP contribution in [0.4, 0.5) is 5.82 Å². The van der Waals surface area contributed by atoms with Gasteiger partial charge in [0.25, 0.3) is 0 Å². The molecule has 2 saturated heterocycles. The monoisotopic (exact) mass is 364 g/mol. The predicted molar refractivity (Wildman–Crippen MR) is 105 cm³/mol. The standard InChI is InChI=1S/C18H29ClN6/c1-20-18(22-9-13-24-10-3-2-4-11-24)23-15-7-12-25(14-15)17-16(19)6-5-8-21-17/h5-6,8,15H,2-4,7,9-14H2,1H3,(H2,20,22,23). The van der Waals surface area contributed by atoms with E-state index in [9.17, 15) is 0 Å². The van der Waals surface area contributed by atoms with E-state index in [1.165, 1.54) is 32.4 Å². The first kappa shape index (κ1) is 18.3. The van der Waals surface area contributed by atoms with Gasteiger partial charge in [-0.25, -0.2) is 4.98 Å². The molecule has 0 aromatic carbocycles. The molecule has 1 aromatic rings. The van der Waals surface area contributed by atoms with Gasteiger partial charge >= 0.3 is 0 Å². The Labute approximate surface area is 155 Å².